The van der Waals surface area contributed by atoms with E-state index in [9.17, 15) is 18.0 Å². The van der Waals surface area contributed by atoms with Gasteiger partial charge < -0.3 is 14.8 Å². The molecule has 2 rings (SSSR count). The molecule has 31 heavy (non-hydrogen) atoms. The molecule has 2 aromatic rings. The van der Waals surface area contributed by atoms with Gasteiger partial charge in [0.25, 0.3) is 11.8 Å². The van der Waals surface area contributed by atoms with Crippen molar-refractivity contribution in [2.24, 2.45) is 5.10 Å². The first-order valence-corrected chi connectivity index (χ1v) is 10.5. The van der Waals surface area contributed by atoms with Crippen molar-refractivity contribution < 1.29 is 27.5 Å². The first-order valence-electron chi connectivity index (χ1n) is 9.03. The summed E-state index contributed by atoms with van der Waals surface area (Å²) in [5, 5.41) is 6.28. The van der Waals surface area contributed by atoms with Gasteiger partial charge in [-0.05, 0) is 36.4 Å². The zero-order chi connectivity index (χ0) is 23.0. The zero-order valence-corrected chi connectivity index (χ0v) is 18.4. The highest BCUT2D eigenvalue weighted by Crippen LogP contribution is 2.23. The van der Waals surface area contributed by atoms with Crippen LogP contribution in [0.5, 0.6) is 11.5 Å². The molecule has 11 heteroatoms. The average molecular weight is 449 g/mol. The molecule has 2 aromatic carbocycles. The number of carbonyl (C=O) groups excluding carboxylic acids is 2. The lowest BCUT2D eigenvalue weighted by Gasteiger charge is -2.11. The number of nitrogens with one attached hydrogen (secondary N) is 2. The molecule has 0 saturated heterocycles. The van der Waals surface area contributed by atoms with Crippen LogP contribution < -0.4 is 20.2 Å². The molecule has 2 N–H and O–H groups in total. The van der Waals surface area contributed by atoms with E-state index in [2.05, 4.69) is 15.8 Å². The van der Waals surface area contributed by atoms with Crippen molar-refractivity contribution in [2.75, 3.05) is 34.9 Å². The van der Waals surface area contributed by atoms with Crippen molar-refractivity contribution >= 4 is 28.1 Å². The van der Waals surface area contributed by atoms with Gasteiger partial charge in [0.05, 0.1) is 31.9 Å². The fourth-order valence-corrected chi connectivity index (χ4v) is 3.29. The molecule has 10 nitrogen and oxygen atoms in total. The van der Waals surface area contributed by atoms with E-state index in [1.165, 1.54) is 58.8 Å². The van der Waals surface area contributed by atoms with E-state index in [-0.39, 0.29) is 17.0 Å². The topological polar surface area (TPSA) is 126 Å². The van der Waals surface area contributed by atoms with Gasteiger partial charge in [0.1, 0.15) is 11.5 Å². The second kappa shape index (κ2) is 10.5. The number of amides is 2. The maximum Gasteiger partial charge on any atom is 0.259 e. The van der Waals surface area contributed by atoms with Gasteiger partial charge in [-0.3, -0.25) is 9.59 Å². The van der Waals surface area contributed by atoms with Gasteiger partial charge >= 0.3 is 0 Å². The van der Waals surface area contributed by atoms with Gasteiger partial charge in [-0.2, -0.15) is 5.10 Å². The third-order valence-corrected chi connectivity index (χ3v) is 5.97. The van der Waals surface area contributed by atoms with Crippen molar-refractivity contribution in [1.82, 2.24) is 15.0 Å². The molecule has 0 radical (unpaired) electrons. The third-order valence-electron chi connectivity index (χ3n) is 4.14. The molecule has 2 amide bonds. The van der Waals surface area contributed by atoms with Gasteiger partial charge in [0, 0.05) is 31.3 Å². The molecule has 0 aliphatic carbocycles. The Balaban J connectivity index is 1.90. The number of rotatable bonds is 9. The van der Waals surface area contributed by atoms with Crippen molar-refractivity contribution in [2.45, 2.75) is 4.90 Å². The minimum Gasteiger partial charge on any atom is -0.497 e. The number of methoxy groups -OCH3 is 2. The molecule has 0 aliphatic heterocycles. The van der Waals surface area contributed by atoms with Crippen LogP contribution in [0.3, 0.4) is 0 Å². The molecule has 0 heterocycles. The van der Waals surface area contributed by atoms with Gasteiger partial charge in [-0.1, -0.05) is 0 Å². The number of carbonyl (C=O) groups is 2. The molecule has 0 spiro atoms. The SMILES string of the molecule is COc1ccc(/C=N/NC(=O)CNC(=O)c2ccc(S(=O)(=O)N(C)C)cc2)c(OC)c1. The van der Waals surface area contributed by atoms with E-state index in [1.807, 2.05) is 0 Å². The van der Waals surface area contributed by atoms with Crippen LogP contribution in [0.15, 0.2) is 52.5 Å². The standard InChI is InChI=1S/C20H24N4O6S/c1-24(2)31(27,28)17-9-6-14(7-10-17)20(26)21-13-19(25)23-22-12-15-5-8-16(29-3)11-18(15)30-4/h5-12H,13H2,1-4H3,(H,21,26)(H,23,25)/b22-12+. The molecular formula is C20H24N4O6S. The highest BCUT2D eigenvalue weighted by Gasteiger charge is 2.17. The van der Waals surface area contributed by atoms with E-state index in [1.54, 1.807) is 18.2 Å². The fourth-order valence-electron chi connectivity index (χ4n) is 2.39. The van der Waals surface area contributed by atoms with Crippen LogP contribution in [0, 0.1) is 0 Å². The van der Waals surface area contributed by atoms with Crippen LogP contribution in [0.25, 0.3) is 0 Å². The average Bonchev–Trinajstić information content (AvgIpc) is 2.77. The monoisotopic (exact) mass is 448 g/mol. The van der Waals surface area contributed by atoms with E-state index in [0.29, 0.717) is 17.1 Å². The van der Waals surface area contributed by atoms with Crippen LogP contribution in [0.1, 0.15) is 15.9 Å². The maximum atomic E-state index is 12.2. The second-order valence-corrected chi connectivity index (χ2v) is 8.55. The van der Waals surface area contributed by atoms with Crippen molar-refractivity contribution in [3.8, 4) is 11.5 Å². The van der Waals surface area contributed by atoms with Gasteiger partial charge in [0.15, 0.2) is 0 Å². The van der Waals surface area contributed by atoms with Crippen LogP contribution in [0.2, 0.25) is 0 Å². The van der Waals surface area contributed by atoms with Gasteiger partial charge in [0.2, 0.25) is 10.0 Å². The molecule has 0 atom stereocenters. The Hall–Kier alpha value is -3.44. The smallest absolute Gasteiger partial charge is 0.259 e. The second-order valence-electron chi connectivity index (χ2n) is 6.40. The Kier molecular flexibility index (Phi) is 8.11. The number of ether oxygens (including phenoxy) is 2. The summed E-state index contributed by atoms with van der Waals surface area (Å²) in [6, 6.07) is 10.5. The Morgan fingerprint density at radius 1 is 1.06 bits per heavy atom. The summed E-state index contributed by atoms with van der Waals surface area (Å²) < 4.78 is 35.5. The number of hydrogen-bond donors (Lipinski definition) is 2. The molecule has 0 aromatic heterocycles. The minimum atomic E-state index is -3.58. The van der Waals surface area contributed by atoms with Gasteiger partial charge in [-0.15, -0.1) is 0 Å². The Morgan fingerprint density at radius 2 is 1.74 bits per heavy atom. The number of hydrogen-bond acceptors (Lipinski definition) is 7. The fraction of sp³-hybridized carbons (Fsp3) is 0.250. The van der Waals surface area contributed by atoms with Gasteiger partial charge in [-0.25, -0.2) is 18.1 Å². The summed E-state index contributed by atoms with van der Waals surface area (Å²) in [6.07, 6.45) is 1.40. The zero-order valence-electron chi connectivity index (χ0n) is 17.6. The Bertz CT molecular complexity index is 1070. The largest absolute Gasteiger partial charge is 0.497 e. The van der Waals surface area contributed by atoms with Crippen LogP contribution in [-0.4, -0.2) is 65.6 Å². The summed E-state index contributed by atoms with van der Waals surface area (Å²) in [6.45, 7) is -0.312. The first-order chi connectivity index (χ1) is 14.7. The quantitative estimate of drug-likeness (QED) is 0.432. The van der Waals surface area contributed by atoms with Crippen molar-refractivity contribution in [1.29, 1.82) is 0 Å². The van der Waals surface area contributed by atoms with E-state index < -0.39 is 21.8 Å². The lowest BCUT2D eigenvalue weighted by molar-refractivity contribution is -0.120. The normalized spacial score (nSPS) is 11.4. The van der Waals surface area contributed by atoms with E-state index in [0.717, 1.165) is 4.31 Å². The Morgan fingerprint density at radius 3 is 2.32 bits per heavy atom. The first kappa shape index (κ1) is 23.8. The number of benzene rings is 2. The van der Waals surface area contributed by atoms with Crippen LogP contribution in [-0.2, 0) is 14.8 Å². The lowest BCUT2D eigenvalue weighted by atomic mass is 10.2. The molecule has 166 valence electrons. The third kappa shape index (κ3) is 6.27. The summed E-state index contributed by atoms with van der Waals surface area (Å²) in [5.74, 6) is 0.0760. The summed E-state index contributed by atoms with van der Waals surface area (Å²) in [7, 11) is 2.30. The molecule has 0 unspecified atom stereocenters. The Labute approximate surface area is 180 Å². The molecule has 0 bridgehead atoms. The highest BCUT2D eigenvalue weighted by molar-refractivity contribution is 7.89. The maximum absolute atomic E-state index is 12.2. The predicted molar refractivity (Wildman–Crippen MR) is 115 cm³/mol. The number of nitrogens with zero attached hydrogens (tertiary/aromatic N) is 2. The van der Waals surface area contributed by atoms with Crippen LogP contribution in [0.4, 0.5) is 0 Å². The molecule has 0 saturated carbocycles. The lowest BCUT2D eigenvalue weighted by Crippen LogP contribution is -2.35. The molecular weight excluding hydrogens is 424 g/mol. The number of sulfonamides is 1. The van der Waals surface area contributed by atoms with E-state index in [4.69, 9.17) is 9.47 Å². The van der Waals surface area contributed by atoms with Crippen LogP contribution >= 0.6 is 0 Å². The summed E-state index contributed by atoms with van der Waals surface area (Å²) in [5.41, 5.74) is 3.15. The minimum absolute atomic E-state index is 0.0649. The molecule has 0 aliphatic rings. The predicted octanol–water partition coefficient (Wildman–Crippen LogP) is 0.834. The molecule has 0 fully saturated rings. The van der Waals surface area contributed by atoms with Crippen molar-refractivity contribution in [3.63, 3.8) is 0 Å². The summed E-state index contributed by atoms with van der Waals surface area (Å²) >= 11 is 0. The highest BCUT2D eigenvalue weighted by atomic mass is 32.2. The van der Waals surface area contributed by atoms with E-state index >= 15 is 0 Å². The number of hydrazone groups is 1. The summed E-state index contributed by atoms with van der Waals surface area (Å²) in [4.78, 5) is 24.1. The van der Waals surface area contributed by atoms with Crippen molar-refractivity contribution in [3.05, 3.63) is 53.6 Å².